The lowest BCUT2D eigenvalue weighted by atomic mass is 10.0. The summed E-state index contributed by atoms with van der Waals surface area (Å²) in [5, 5.41) is 0. The number of hydrogen-bond donors (Lipinski definition) is 2. The van der Waals surface area contributed by atoms with Crippen molar-refractivity contribution >= 4 is 25.3 Å². The third-order valence-corrected chi connectivity index (χ3v) is 8.79. The van der Waals surface area contributed by atoms with Crippen molar-refractivity contribution in [2.24, 2.45) is 0 Å². The summed E-state index contributed by atoms with van der Waals surface area (Å²) in [7, 11) is 0. The molecule has 0 fully saturated rings. The van der Waals surface area contributed by atoms with E-state index in [0.29, 0.717) is 0 Å². The second-order valence-electron chi connectivity index (χ2n) is 11.8. The summed E-state index contributed by atoms with van der Waals surface area (Å²) in [6.07, 6.45) is 36.4. The molecule has 0 aliphatic carbocycles. The van der Waals surface area contributed by atoms with Crippen molar-refractivity contribution in [2.45, 2.75) is 154 Å². The Bertz CT molecular complexity index is 772. The number of thiol groups is 2. The zero-order chi connectivity index (χ0) is 28.4. The molecule has 0 unspecified atom stereocenters. The van der Waals surface area contributed by atoms with Crippen LogP contribution in [-0.4, -0.2) is 21.5 Å². The first kappa shape index (κ1) is 35.2. The van der Waals surface area contributed by atoms with E-state index in [1.807, 2.05) is 12.4 Å². The number of aromatic nitrogens is 2. The fourth-order valence-corrected chi connectivity index (χ4v) is 6.05. The minimum absolute atomic E-state index is 1.03. The minimum atomic E-state index is 1.03. The van der Waals surface area contributed by atoms with Crippen molar-refractivity contribution in [3.05, 3.63) is 47.8 Å². The van der Waals surface area contributed by atoms with Crippen molar-refractivity contribution in [2.75, 3.05) is 11.5 Å². The second kappa shape index (κ2) is 25.7. The van der Waals surface area contributed by atoms with E-state index < -0.39 is 0 Å². The first-order valence-electron chi connectivity index (χ1n) is 17.0. The van der Waals surface area contributed by atoms with Gasteiger partial charge >= 0.3 is 0 Å². The van der Waals surface area contributed by atoms with E-state index in [2.05, 4.69) is 59.5 Å². The molecule has 2 rings (SSSR count). The van der Waals surface area contributed by atoms with Crippen molar-refractivity contribution < 1.29 is 0 Å². The third-order valence-electron chi connectivity index (χ3n) is 8.16. The van der Waals surface area contributed by atoms with Gasteiger partial charge in [0.2, 0.25) is 0 Å². The zero-order valence-corrected chi connectivity index (χ0v) is 27.4. The summed E-state index contributed by atoms with van der Waals surface area (Å²) < 4.78 is 0. The first-order valence-corrected chi connectivity index (χ1v) is 18.2. The van der Waals surface area contributed by atoms with Gasteiger partial charge in [-0.05, 0) is 85.4 Å². The van der Waals surface area contributed by atoms with Gasteiger partial charge in [0.05, 0.1) is 11.4 Å². The maximum Gasteiger partial charge on any atom is 0.0888 e. The SMILES string of the molecule is SCCCCCCCCCCCCCc1ccnc(-c2cc(CCCCCCCCCCCCCS)ccn2)c1. The maximum absolute atomic E-state index is 4.66. The Morgan fingerprint density at radius 1 is 0.375 bits per heavy atom. The average molecular weight is 585 g/mol. The van der Waals surface area contributed by atoms with E-state index in [4.69, 9.17) is 0 Å². The van der Waals surface area contributed by atoms with Crippen LogP contribution in [0.15, 0.2) is 36.7 Å². The monoisotopic (exact) mass is 584 g/mol. The van der Waals surface area contributed by atoms with Crippen LogP contribution < -0.4 is 0 Å². The molecule has 0 saturated carbocycles. The van der Waals surface area contributed by atoms with Crippen LogP contribution in [0.3, 0.4) is 0 Å². The zero-order valence-electron chi connectivity index (χ0n) is 25.6. The van der Waals surface area contributed by atoms with E-state index in [-0.39, 0.29) is 0 Å². The Kier molecular flexibility index (Phi) is 22.6. The van der Waals surface area contributed by atoms with E-state index in [0.717, 1.165) is 35.7 Å². The fourth-order valence-electron chi connectivity index (χ4n) is 5.60. The van der Waals surface area contributed by atoms with Gasteiger partial charge in [-0.1, -0.05) is 116 Å². The lowest BCUT2D eigenvalue weighted by molar-refractivity contribution is 0.550. The molecule has 226 valence electrons. The van der Waals surface area contributed by atoms with Crippen LogP contribution >= 0.6 is 25.3 Å². The van der Waals surface area contributed by atoms with Gasteiger partial charge < -0.3 is 0 Å². The molecule has 2 heterocycles. The predicted octanol–water partition coefficient (Wildman–Crippen LogP) is 11.7. The molecule has 0 spiro atoms. The van der Waals surface area contributed by atoms with Crippen molar-refractivity contribution in [1.82, 2.24) is 9.97 Å². The van der Waals surface area contributed by atoms with Gasteiger partial charge in [-0.2, -0.15) is 25.3 Å². The van der Waals surface area contributed by atoms with Crippen molar-refractivity contribution in [1.29, 1.82) is 0 Å². The number of pyridine rings is 2. The average Bonchev–Trinajstić information content (AvgIpc) is 2.98. The normalized spacial score (nSPS) is 11.3. The predicted molar refractivity (Wildman–Crippen MR) is 184 cm³/mol. The molecule has 0 N–H and O–H groups in total. The van der Waals surface area contributed by atoms with Crippen molar-refractivity contribution in [3.8, 4) is 11.4 Å². The molecule has 0 atom stereocenters. The smallest absolute Gasteiger partial charge is 0.0888 e. The van der Waals surface area contributed by atoms with Gasteiger partial charge in [-0.3, -0.25) is 9.97 Å². The summed E-state index contributed by atoms with van der Waals surface area (Å²) >= 11 is 8.58. The molecule has 0 aliphatic rings. The molecule has 0 bridgehead atoms. The maximum atomic E-state index is 4.66. The number of nitrogens with zero attached hydrogens (tertiary/aromatic N) is 2. The molecule has 2 aromatic rings. The number of unbranched alkanes of at least 4 members (excludes halogenated alkanes) is 20. The Hall–Kier alpha value is -1.00. The third kappa shape index (κ3) is 18.4. The summed E-state index contributed by atoms with van der Waals surface area (Å²) in [6.45, 7) is 0. The molecule has 0 amide bonds. The lowest BCUT2D eigenvalue weighted by Gasteiger charge is -2.07. The minimum Gasteiger partial charge on any atom is -0.255 e. The van der Waals surface area contributed by atoms with Gasteiger partial charge in [0.1, 0.15) is 0 Å². The molecular weight excluding hydrogens is 525 g/mol. The fraction of sp³-hybridized carbons (Fsp3) is 0.722. The number of hydrogen-bond acceptors (Lipinski definition) is 4. The highest BCUT2D eigenvalue weighted by atomic mass is 32.1. The number of aryl methyl sites for hydroxylation is 2. The molecule has 40 heavy (non-hydrogen) atoms. The first-order chi connectivity index (χ1) is 19.8. The molecule has 0 aliphatic heterocycles. The van der Waals surface area contributed by atoms with E-state index in [9.17, 15) is 0 Å². The number of rotatable bonds is 27. The summed E-state index contributed by atoms with van der Waals surface area (Å²) in [5.41, 5.74) is 4.85. The molecule has 0 aromatic carbocycles. The van der Waals surface area contributed by atoms with Crippen LogP contribution in [0.1, 0.15) is 152 Å². The Balaban J connectivity index is 1.55. The largest absolute Gasteiger partial charge is 0.255 e. The van der Waals surface area contributed by atoms with Crippen LogP contribution in [-0.2, 0) is 12.8 Å². The van der Waals surface area contributed by atoms with E-state index in [1.54, 1.807) is 0 Å². The quantitative estimate of drug-likeness (QED) is 0.0806. The molecule has 2 nitrogen and oxygen atoms in total. The van der Waals surface area contributed by atoms with E-state index >= 15 is 0 Å². The molecular formula is C36H60N2S2. The van der Waals surface area contributed by atoms with Crippen LogP contribution in [0.5, 0.6) is 0 Å². The standard InChI is InChI=1S/C36H60N2S2/c39-29-21-17-13-9-5-1-3-7-11-15-19-23-33-25-27-37-35(31-33)36-32-34(26-28-38-36)24-20-16-12-8-4-2-6-10-14-18-22-30-40/h25-28,31-32,39-40H,1-24,29-30H2. The highest BCUT2D eigenvalue weighted by Crippen LogP contribution is 2.20. The van der Waals surface area contributed by atoms with Gasteiger partial charge in [0, 0.05) is 12.4 Å². The highest BCUT2D eigenvalue weighted by molar-refractivity contribution is 7.80. The van der Waals surface area contributed by atoms with Crippen LogP contribution in [0.4, 0.5) is 0 Å². The summed E-state index contributed by atoms with van der Waals surface area (Å²) in [4.78, 5) is 9.31. The Morgan fingerprint density at radius 2 is 0.650 bits per heavy atom. The van der Waals surface area contributed by atoms with Gasteiger partial charge in [-0.15, -0.1) is 0 Å². The van der Waals surface area contributed by atoms with Crippen LogP contribution in [0.25, 0.3) is 11.4 Å². The Morgan fingerprint density at radius 3 is 0.950 bits per heavy atom. The second-order valence-corrected chi connectivity index (χ2v) is 12.7. The van der Waals surface area contributed by atoms with Crippen LogP contribution in [0.2, 0.25) is 0 Å². The van der Waals surface area contributed by atoms with Gasteiger partial charge in [0.25, 0.3) is 0 Å². The molecule has 2 aromatic heterocycles. The topological polar surface area (TPSA) is 25.8 Å². The molecule has 0 saturated heterocycles. The highest BCUT2D eigenvalue weighted by Gasteiger charge is 2.05. The van der Waals surface area contributed by atoms with Gasteiger partial charge in [-0.25, -0.2) is 0 Å². The molecule has 4 heteroatoms. The lowest BCUT2D eigenvalue weighted by Crippen LogP contribution is -1.94. The molecule has 0 radical (unpaired) electrons. The summed E-state index contributed by atoms with van der Waals surface area (Å²) in [6, 6.07) is 8.90. The Labute approximate surface area is 259 Å². The summed E-state index contributed by atoms with van der Waals surface area (Å²) in [5.74, 6) is 2.09. The van der Waals surface area contributed by atoms with Gasteiger partial charge in [0.15, 0.2) is 0 Å². The van der Waals surface area contributed by atoms with Crippen molar-refractivity contribution in [3.63, 3.8) is 0 Å². The van der Waals surface area contributed by atoms with Crippen LogP contribution in [0, 0.1) is 0 Å². The van der Waals surface area contributed by atoms with E-state index in [1.165, 1.54) is 152 Å².